The fraction of sp³-hybridized carbons (Fsp3) is 0.714. The van der Waals surface area contributed by atoms with Crippen molar-refractivity contribution in [2.75, 3.05) is 27.0 Å². The molecule has 3 atom stereocenters. The Bertz CT molecular complexity index is 559. The molecule has 0 saturated carbocycles. The van der Waals surface area contributed by atoms with E-state index in [1.807, 2.05) is 45.9 Å². The normalized spacial score (nSPS) is 28.7. The van der Waals surface area contributed by atoms with Crippen LogP contribution in [-0.4, -0.2) is 49.6 Å². The molecule has 1 aromatic rings. The van der Waals surface area contributed by atoms with Crippen LogP contribution < -0.4 is 9.47 Å². The third-order valence-corrected chi connectivity index (χ3v) is 5.15. The van der Waals surface area contributed by atoms with Crippen molar-refractivity contribution < 1.29 is 18.9 Å². The Balaban J connectivity index is 0.000000570. The highest BCUT2D eigenvalue weighted by Gasteiger charge is 2.54. The van der Waals surface area contributed by atoms with Crippen LogP contribution in [0, 0.1) is 0 Å². The molecule has 4 rings (SSSR count). The van der Waals surface area contributed by atoms with Gasteiger partial charge in [0.2, 0.25) is 6.79 Å². The lowest BCUT2D eigenvalue weighted by molar-refractivity contribution is 0.0475. The first kappa shape index (κ1) is 21.0. The van der Waals surface area contributed by atoms with Gasteiger partial charge < -0.3 is 18.9 Å². The van der Waals surface area contributed by atoms with E-state index in [4.69, 9.17) is 18.9 Å². The summed E-state index contributed by atoms with van der Waals surface area (Å²) in [5.41, 5.74) is 1.22. The number of epoxide rings is 1. The van der Waals surface area contributed by atoms with Gasteiger partial charge in [0.1, 0.15) is 5.60 Å². The number of benzene rings is 1. The Kier molecular flexibility index (Phi) is 7.74. The van der Waals surface area contributed by atoms with Crippen molar-refractivity contribution >= 4 is 0 Å². The quantitative estimate of drug-likeness (QED) is 0.730. The van der Waals surface area contributed by atoms with Crippen molar-refractivity contribution in [3.63, 3.8) is 0 Å². The van der Waals surface area contributed by atoms with Crippen molar-refractivity contribution in [1.82, 2.24) is 4.90 Å². The van der Waals surface area contributed by atoms with Gasteiger partial charge in [0.05, 0.1) is 19.3 Å². The zero-order valence-electron chi connectivity index (χ0n) is 17.2. The Morgan fingerprint density at radius 1 is 1.15 bits per heavy atom. The highest BCUT2D eigenvalue weighted by Crippen LogP contribution is 2.42. The van der Waals surface area contributed by atoms with E-state index in [2.05, 4.69) is 18.9 Å². The van der Waals surface area contributed by atoms with E-state index in [-0.39, 0.29) is 11.7 Å². The van der Waals surface area contributed by atoms with Crippen molar-refractivity contribution in [2.24, 2.45) is 0 Å². The highest BCUT2D eigenvalue weighted by molar-refractivity contribution is 5.44. The average molecular weight is 366 g/mol. The van der Waals surface area contributed by atoms with Crippen LogP contribution in [0.4, 0.5) is 0 Å². The van der Waals surface area contributed by atoms with Crippen LogP contribution in [0.5, 0.6) is 11.5 Å². The van der Waals surface area contributed by atoms with Gasteiger partial charge in [-0.2, -0.15) is 0 Å². The lowest BCUT2D eigenvalue weighted by Gasteiger charge is -2.24. The summed E-state index contributed by atoms with van der Waals surface area (Å²) < 4.78 is 22.6. The molecule has 0 aromatic heterocycles. The molecule has 0 spiro atoms. The smallest absolute Gasteiger partial charge is 0.231 e. The van der Waals surface area contributed by atoms with Gasteiger partial charge in [-0.1, -0.05) is 40.7 Å². The largest absolute Gasteiger partial charge is 0.454 e. The van der Waals surface area contributed by atoms with Crippen molar-refractivity contribution in [2.45, 2.75) is 71.8 Å². The van der Waals surface area contributed by atoms with E-state index in [1.165, 1.54) is 0 Å². The third kappa shape index (κ3) is 4.51. The molecule has 0 N–H and O–H groups in total. The number of fused-ring (bicyclic) bond motifs is 1. The summed E-state index contributed by atoms with van der Waals surface area (Å²) in [5.74, 6) is 1.64. The topological polar surface area (TPSA) is 43.5 Å². The summed E-state index contributed by atoms with van der Waals surface area (Å²) >= 11 is 0. The maximum atomic E-state index is 6.12. The highest BCUT2D eigenvalue weighted by atomic mass is 16.7. The predicted octanol–water partition coefficient (Wildman–Crippen LogP) is 4.24. The van der Waals surface area contributed by atoms with E-state index in [0.717, 1.165) is 43.1 Å². The van der Waals surface area contributed by atoms with Crippen LogP contribution in [0.15, 0.2) is 18.2 Å². The molecule has 0 amide bonds. The second-order valence-electron chi connectivity index (χ2n) is 6.52. The molecular formula is C21H35NO4. The molecular weight excluding hydrogens is 330 g/mol. The maximum Gasteiger partial charge on any atom is 0.231 e. The van der Waals surface area contributed by atoms with Crippen molar-refractivity contribution in [3.05, 3.63) is 23.8 Å². The Labute approximate surface area is 158 Å². The Morgan fingerprint density at radius 2 is 1.85 bits per heavy atom. The molecule has 26 heavy (non-hydrogen) atoms. The summed E-state index contributed by atoms with van der Waals surface area (Å²) in [6.07, 6.45) is 2.40. The van der Waals surface area contributed by atoms with Crippen LogP contribution in [0.2, 0.25) is 0 Å². The second-order valence-corrected chi connectivity index (χ2v) is 6.52. The van der Waals surface area contributed by atoms with Gasteiger partial charge in [0, 0.05) is 12.6 Å². The molecule has 0 bridgehead atoms. The number of likely N-dealkylation sites (N-methyl/N-ethyl adjacent to an activating group) is 1. The molecule has 1 aromatic carbocycles. The third-order valence-electron chi connectivity index (χ3n) is 5.15. The van der Waals surface area contributed by atoms with Gasteiger partial charge in [0.25, 0.3) is 0 Å². The molecule has 0 unspecified atom stereocenters. The summed E-state index contributed by atoms with van der Waals surface area (Å²) in [6, 6.07) is 6.49. The van der Waals surface area contributed by atoms with E-state index in [1.54, 1.807) is 0 Å². The summed E-state index contributed by atoms with van der Waals surface area (Å²) in [5, 5.41) is 0. The fourth-order valence-corrected chi connectivity index (χ4v) is 3.66. The van der Waals surface area contributed by atoms with Crippen LogP contribution in [0.3, 0.4) is 0 Å². The molecule has 148 valence electrons. The summed E-state index contributed by atoms with van der Waals surface area (Å²) in [6.45, 7) is 13.0. The first-order chi connectivity index (χ1) is 12.7. The molecule has 3 heterocycles. The van der Waals surface area contributed by atoms with Crippen molar-refractivity contribution in [3.8, 4) is 11.5 Å². The minimum atomic E-state index is 0.0889. The Hall–Kier alpha value is -1.30. The molecule has 3 aliphatic heterocycles. The summed E-state index contributed by atoms with van der Waals surface area (Å²) in [4.78, 5) is 2.39. The minimum absolute atomic E-state index is 0.0889. The lowest BCUT2D eigenvalue weighted by Crippen LogP contribution is -2.38. The predicted molar refractivity (Wildman–Crippen MR) is 104 cm³/mol. The van der Waals surface area contributed by atoms with E-state index in [9.17, 15) is 0 Å². The van der Waals surface area contributed by atoms with Crippen LogP contribution in [-0.2, 0) is 16.1 Å². The molecule has 2 saturated heterocycles. The number of rotatable bonds is 5. The number of nitrogens with zero attached hydrogens (tertiary/aromatic N) is 1. The zero-order valence-corrected chi connectivity index (χ0v) is 17.2. The Morgan fingerprint density at radius 3 is 2.50 bits per heavy atom. The van der Waals surface area contributed by atoms with Gasteiger partial charge in [-0.05, 0) is 37.6 Å². The zero-order chi connectivity index (χ0) is 19.2. The van der Waals surface area contributed by atoms with Gasteiger partial charge in [-0.3, -0.25) is 4.90 Å². The number of ether oxygens (including phenoxy) is 4. The lowest BCUT2D eigenvalue weighted by atomic mass is 9.95. The SMILES string of the molecule is CC.CC.CC[C@@]1([C@H]2C[C@@H](OCc3ccc4c(c3)OCO4)CN2C)CO1. The van der Waals surface area contributed by atoms with Crippen LogP contribution in [0.1, 0.15) is 53.0 Å². The number of likely N-dealkylation sites (tertiary alicyclic amines) is 1. The van der Waals surface area contributed by atoms with E-state index >= 15 is 0 Å². The number of hydrogen-bond donors (Lipinski definition) is 0. The van der Waals surface area contributed by atoms with Gasteiger partial charge >= 0.3 is 0 Å². The molecule has 0 radical (unpaired) electrons. The van der Waals surface area contributed by atoms with Crippen LogP contribution >= 0.6 is 0 Å². The monoisotopic (exact) mass is 365 g/mol. The number of hydrogen-bond acceptors (Lipinski definition) is 5. The van der Waals surface area contributed by atoms with E-state index < -0.39 is 0 Å². The standard InChI is InChI=1S/C17H23NO4.2C2H6/c1-3-17(10-22-17)16-7-13(8-18(16)2)19-9-12-4-5-14-15(6-12)21-11-20-14;2*1-2/h4-6,13,16H,3,7-11H2,1-2H3;2*1-2H3/t13-,16-,17+;;/m1../s1. The first-order valence-corrected chi connectivity index (χ1v) is 10.0. The van der Waals surface area contributed by atoms with Gasteiger partial charge in [-0.25, -0.2) is 0 Å². The molecule has 3 aliphatic rings. The van der Waals surface area contributed by atoms with Crippen molar-refractivity contribution in [1.29, 1.82) is 0 Å². The molecule has 5 nitrogen and oxygen atoms in total. The summed E-state index contributed by atoms with van der Waals surface area (Å²) in [7, 11) is 2.17. The van der Waals surface area contributed by atoms with Gasteiger partial charge in [0.15, 0.2) is 11.5 Å². The molecule has 2 fully saturated rings. The fourth-order valence-electron chi connectivity index (χ4n) is 3.66. The molecule has 5 heteroatoms. The van der Waals surface area contributed by atoms with Crippen LogP contribution in [0.25, 0.3) is 0 Å². The first-order valence-electron chi connectivity index (χ1n) is 10.0. The van der Waals surface area contributed by atoms with E-state index in [0.29, 0.717) is 19.4 Å². The average Bonchev–Trinajstić information content (AvgIpc) is 3.18. The second kappa shape index (κ2) is 9.58. The molecule has 0 aliphatic carbocycles. The maximum absolute atomic E-state index is 6.12. The van der Waals surface area contributed by atoms with Gasteiger partial charge in [-0.15, -0.1) is 0 Å². The minimum Gasteiger partial charge on any atom is -0.454 e.